The van der Waals surface area contributed by atoms with Gasteiger partial charge in [-0.2, -0.15) is 22.0 Å². The van der Waals surface area contributed by atoms with Gasteiger partial charge in [0, 0.05) is 13.8 Å². The van der Waals surface area contributed by atoms with E-state index >= 15 is 0 Å². The van der Waals surface area contributed by atoms with Gasteiger partial charge in [0.15, 0.2) is 0 Å². The molecule has 0 aliphatic carbocycles. The third-order valence-electron chi connectivity index (χ3n) is 1.22. The summed E-state index contributed by atoms with van der Waals surface area (Å²) in [5, 5.41) is 0. The Kier molecular flexibility index (Phi) is 4.21. The summed E-state index contributed by atoms with van der Waals surface area (Å²) >= 11 is 0. The number of hydrogen-bond acceptors (Lipinski definition) is 4. The van der Waals surface area contributed by atoms with Crippen LogP contribution in [-0.4, -0.2) is 30.3 Å². The summed E-state index contributed by atoms with van der Waals surface area (Å²) in [5.41, 5.74) is 0. The minimum Gasteiger partial charge on any atom is -0.418 e. The standard InChI is InChI=1S/C7H7F5O4/c1-3(13)15-5(16-4(2)14)6(8,9)7(10,11)12/h5H,1-2H3. The molecule has 0 aromatic heterocycles. The number of esters is 2. The van der Waals surface area contributed by atoms with Crippen LogP contribution in [-0.2, 0) is 19.1 Å². The van der Waals surface area contributed by atoms with Crippen molar-refractivity contribution in [3.8, 4) is 0 Å². The van der Waals surface area contributed by atoms with Crippen LogP contribution in [0.3, 0.4) is 0 Å². The van der Waals surface area contributed by atoms with Crippen molar-refractivity contribution >= 4 is 11.9 Å². The number of ether oxygens (including phenoxy) is 2. The predicted octanol–water partition coefficient (Wildman–Crippen LogP) is 1.64. The zero-order chi connectivity index (χ0) is 13.1. The van der Waals surface area contributed by atoms with Crippen LogP contribution in [0.5, 0.6) is 0 Å². The Morgan fingerprint density at radius 1 is 0.938 bits per heavy atom. The van der Waals surface area contributed by atoms with Gasteiger partial charge in [-0.1, -0.05) is 0 Å². The van der Waals surface area contributed by atoms with Crippen LogP contribution in [0.4, 0.5) is 22.0 Å². The van der Waals surface area contributed by atoms with E-state index in [1.807, 2.05) is 0 Å². The van der Waals surface area contributed by atoms with Crippen molar-refractivity contribution in [2.75, 3.05) is 0 Å². The number of carbonyl (C=O) groups is 2. The fourth-order valence-electron chi connectivity index (χ4n) is 0.607. The van der Waals surface area contributed by atoms with E-state index in [4.69, 9.17) is 0 Å². The van der Waals surface area contributed by atoms with E-state index in [2.05, 4.69) is 9.47 Å². The fraction of sp³-hybridized carbons (Fsp3) is 0.714. The molecule has 0 heterocycles. The first-order valence-corrected chi connectivity index (χ1v) is 3.77. The fourth-order valence-corrected chi connectivity index (χ4v) is 0.607. The topological polar surface area (TPSA) is 52.6 Å². The molecule has 0 aliphatic rings. The van der Waals surface area contributed by atoms with Gasteiger partial charge in [0.05, 0.1) is 0 Å². The largest absolute Gasteiger partial charge is 0.461 e. The molecule has 0 radical (unpaired) electrons. The third-order valence-corrected chi connectivity index (χ3v) is 1.22. The van der Waals surface area contributed by atoms with E-state index in [9.17, 15) is 31.5 Å². The van der Waals surface area contributed by atoms with Gasteiger partial charge < -0.3 is 9.47 Å². The van der Waals surface area contributed by atoms with Gasteiger partial charge in [0.1, 0.15) is 0 Å². The predicted molar refractivity (Wildman–Crippen MR) is 38.3 cm³/mol. The molecular formula is C7H7F5O4. The molecule has 0 spiro atoms. The quantitative estimate of drug-likeness (QED) is 0.434. The number of halogens is 5. The smallest absolute Gasteiger partial charge is 0.418 e. The van der Waals surface area contributed by atoms with Crippen LogP contribution in [0.25, 0.3) is 0 Å². The summed E-state index contributed by atoms with van der Waals surface area (Å²) in [6.45, 7) is 1.20. The highest BCUT2D eigenvalue weighted by Gasteiger charge is 2.66. The van der Waals surface area contributed by atoms with Crippen molar-refractivity contribution in [2.45, 2.75) is 32.2 Å². The summed E-state index contributed by atoms with van der Waals surface area (Å²) in [5.74, 6) is -8.34. The Morgan fingerprint density at radius 3 is 1.44 bits per heavy atom. The number of hydrogen-bond donors (Lipinski definition) is 0. The van der Waals surface area contributed by atoms with Crippen LogP contribution < -0.4 is 0 Å². The van der Waals surface area contributed by atoms with E-state index in [0.717, 1.165) is 0 Å². The molecule has 0 aromatic carbocycles. The Balaban J connectivity index is 5.01. The maximum Gasteiger partial charge on any atom is 0.461 e. The summed E-state index contributed by atoms with van der Waals surface area (Å²) in [7, 11) is 0. The monoisotopic (exact) mass is 250 g/mol. The molecule has 0 amide bonds. The molecule has 4 nitrogen and oxygen atoms in total. The Labute approximate surface area is 86.3 Å². The van der Waals surface area contributed by atoms with Gasteiger partial charge in [0.2, 0.25) is 0 Å². The maximum absolute atomic E-state index is 12.6. The lowest BCUT2D eigenvalue weighted by atomic mass is 10.3. The first-order chi connectivity index (χ1) is 6.98. The third kappa shape index (κ3) is 3.63. The number of rotatable bonds is 3. The van der Waals surface area contributed by atoms with E-state index < -0.39 is 30.3 Å². The van der Waals surface area contributed by atoms with E-state index in [-0.39, 0.29) is 0 Å². The molecule has 94 valence electrons. The van der Waals surface area contributed by atoms with Crippen LogP contribution in [0.1, 0.15) is 13.8 Å². The average molecular weight is 250 g/mol. The summed E-state index contributed by atoms with van der Waals surface area (Å²) < 4.78 is 68.0. The summed E-state index contributed by atoms with van der Waals surface area (Å²) in [6.07, 6.45) is -9.31. The van der Waals surface area contributed by atoms with Crippen LogP contribution in [0, 0.1) is 0 Å². The van der Waals surface area contributed by atoms with Gasteiger partial charge in [-0.15, -0.1) is 0 Å². The van der Waals surface area contributed by atoms with Crippen LogP contribution in [0.15, 0.2) is 0 Å². The van der Waals surface area contributed by atoms with Gasteiger partial charge in [-0.3, -0.25) is 9.59 Å². The molecule has 0 unspecified atom stereocenters. The molecule has 0 aromatic rings. The SMILES string of the molecule is CC(=O)OC(OC(C)=O)C(F)(F)C(F)(F)F. The molecule has 0 N–H and O–H groups in total. The Hall–Kier alpha value is -1.41. The minimum absolute atomic E-state index is 0.600. The van der Waals surface area contributed by atoms with Crippen molar-refractivity contribution in [2.24, 2.45) is 0 Å². The summed E-state index contributed by atoms with van der Waals surface area (Å²) in [4.78, 5) is 20.6. The van der Waals surface area contributed by atoms with Gasteiger partial charge in [-0.25, -0.2) is 0 Å². The average Bonchev–Trinajstić information content (AvgIpc) is 1.98. The highest BCUT2D eigenvalue weighted by atomic mass is 19.4. The Morgan fingerprint density at radius 2 is 1.25 bits per heavy atom. The van der Waals surface area contributed by atoms with E-state index in [1.165, 1.54) is 0 Å². The molecule has 0 saturated heterocycles. The lowest BCUT2D eigenvalue weighted by Gasteiger charge is -2.26. The van der Waals surface area contributed by atoms with Crippen LogP contribution in [0.2, 0.25) is 0 Å². The zero-order valence-electron chi connectivity index (χ0n) is 8.10. The lowest BCUT2D eigenvalue weighted by Crippen LogP contribution is -2.50. The van der Waals surface area contributed by atoms with Crippen LogP contribution >= 0.6 is 0 Å². The molecule has 0 fully saturated rings. The molecule has 9 heteroatoms. The van der Waals surface area contributed by atoms with Crippen molar-refractivity contribution in [3.63, 3.8) is 0 Å². The van der Waals surface area contributed by atoms with E-state index in [1.54, 1.807) is 0 Å². The molecule has 0 aliphatic heterocycles. The highest BCUT2D eigenvalue weighted by molar-refractivity contribution is 5.68. The van der Waals surface area contributed by atoms with Gasteiger partial charge in [0.25, 0.3) is 0 Å². The highest BCUT2D eigenvalue weighted by Crippen LogP contribution is 2.39. The second kappa shape index (κ2) is 4.62. The summed E-state index contributed by atoms with van der Waals surface area (Å²) in [6, 6.07) is 0. The molecule has 0 atom stereocenters. The lowest BCUT2D eigenvalue weighted by molar-refractivity contribution is -0.350. The Bertz CT molecular complexity index is 269. The first kappa shape index (κ1) is 14.6. The second-order valence-corrected chi connectivity index (χ2v) is 2.67. The molecule has 0 rings (SSSR count). The molecule has 16 heavy (non-hydrogen) atoms. The molecular weight excluding hydrogens is 243 g/mol. The van der Waals surface area contributed by atoms with Crippen molar-refractivity contribution in [1.82, 2.24) is 0 Å². The normalized spacial score (nSPS) is 12.5. The maximum atomic E-state index is 12.6. The van der Waals surface area contributed by atoms with Crippen molar-refractivity contribution < 1.29 is 41.0 Å². The van der Waals surface area contributed by atoms with Crippen molar-refractivity contribution in [1.29, 1.82) is 0 Å². The van der Waals surface area contributed by atoms with E-state index in [0.29, 0.717) is 13.8 Å². The van der Waals surface area contributed by atoms with Gasteiger partial charge in [-0.05, 0) is 0 Å². The minimum atomic E-state index is -6.00. The zero-order valence-corrected chi connectivity index (χ0v) is 8.10. The van der Waals surface area contributed by atoms with Gasteiger partial charge >= 0.3 is 30.3 Å². The first-order valence-electron chi connectivity index (χ1n) is 3.77. The number of alkyl halides is 5. The second-order valence-electron chi connectivity index (χ2n) is 2.67. The van der Waals surface area contributed by atoms with Crippen molar-refractivity contribution in [3.05, 3.63) is 0 Å². The molecule has 0 bridgehead atoms. The number of carbonyl (C=O) groups excluding carboxylic acids is 2. The molecule has 0 saturated carbocycles.